The van der Waals surface area contributed by atoms with E-state index in [1.165, 1.54) is 48.7 Å². The van der Waals surface area contributed by atoms with Gasteiger partial charge in [0, 0.05) is 6.20 Å². The second-order valence-electron chi connectivity index (χ2n) is 5.49. The summed E-state index contributed by atoms with van der Waals surface area (Å²) in [5.74, 6) is 0.0190. The molecule has 1 heterocycles. The number of rotatable bonds is 5. The number of nitrogens with zero attached hydrogens (tertiary/aromatic N) is 1. The van der Waals surface area contributed by atoms with E-state index in [4.69, 9.17) is 4.18 Å². The van der Waals surface area contributed by atoms with Crippen LogP contribution in [-0.4, -0.2) is 21.8 Å². The third kappa shape index (κ3) is 3.76. The van der Waals surface area contributed by atoms with Crippen molar-refractivity contribution in [1.82, 2.24) is 4.98 Å². The van der Waals surface area contributed by atoms with E-state index in [2.05, 4.69) is 4.98 Å². The van der Waals surface area contributed by atoms with Crippen LogP contribution in [0.4, 0.5) is 0 Å². The second kappa shape index (κ2) is 6.89. The summed E-state index contributed by atoms with van der Waals surface area (Å²) in [6.07, 6.45) is 1.39. The molecule has 0 aliphatic rings. The lowest BCUT2D eigenvalue weighted by Gasteiger charge is -2.08. The fraction of sp³-hybridized carbons (Fsp3) is 0.0556. The molecule has 0 N–H and O–H groups in total. The molecular formula is C18H15NO5S2. The highest BCUT2D eigenvalue weighted by Gasteiger charge is 2.20. The summed E-state index contributed by atoms with van der Waals surface area (Å²) in [4.78, 5) is 3.86. The van der Waals surface area contributed by atoms with Crippen molar-refractivity contribution < 1.29 is 21.0 Å². The van der Waals surface area contributed by atoms with Crippen LogP contribution in [0.2, 0.25) is 0 Å². The maximum Gasteiger partial charge on any atom is 0.339 e. The maximum absolute atomic E-state index is 12.5. The van der Waals surface area contributed by atoms with E-state index in [0.717, 1.165) is 5.56 Å². The van der Waals surface area contributed by atoms with Gasteiger partial charge >= 0.3 is 10.1 Å². The molecule has 0 radical (unpaired) electrons. The lowest BCUT2D eigenvalue weighted by atomic mass is 10.2. The first-order valence-corrected chi connectivity index (χ1v) is 10.5. The van der Waals surface area contributed by atoms with Gasteiger partial charge in [0.25, 0.3) is 0 Å². The van der Waals surface area contributed by atoms with Gasteiger partial charge in [-0.2, -0.15) is 8.42 Å². The molecule has 0 bridgehead atoms. The van der Waals surface area contributed by atoms with Gasteiger partial charge < -0.3 is 4.18 Å². The molecular weight excluding hydrogens is 374 g/mol. The highest BCUT2D eigenvalue weighted by molar-refractivity contribution is 7.91. The van der Waals surface area contributed by atoms with Crippen molar-refractivity contribution >= 4 is 20.0 Å². The molecule has 2 aromatic carbocycles. The van der Waals surface area contributed by atoms with E-state index >= 15 is 0 Å². The molecule has 0 saturated carbocycles. The standard InChI is InChI=1S/C18H15NO5S2/c1-14-5-9-17(10-6-14)26(22,23)24-15-7-11-16(12-8-15)25(20,21)18-4-2-3-13-19-18/h2-13H,1H3. The Hall–Kier alpha value is -2.71. The Balaban J connectivity index is 1.85. The number of hydrogen-bond acceptors (Lipinski definition) is 6. The minimum Gasteiger partial charge on any atom is -0.379 e. The van der Waals surface area contributed by atoms with Crippen LogP contribution in [0.5, 0.6) is 5.75 Å². The summed E-state index contributed by atoms with van der Waals surface area (Å²) in [6, 6.07) is 16.0. The molecule has 0 unspecified atom stereocenters. The molecule has 1 aromatic heterocycles. The van der Waals surface area contributed by atoms with E-state index in [1.54, 1.807) is 24.3 Å². The van der Waals surface area contributed by atoms with Crippen molar-refractivity contribution in [1.29, 1.82) is 0 Å². The van der Waals surface area contributed by atoms with E-state index in [-0.39, 0.29) is 20.6 Å². The number of aryl methyl sites for hydroxylation is 1. The molecule has 8 heteroatoms. The van der Waals surface area contributed by atoms with Crippen LogP contribution in [0.15, 0.2) is 87.7 Å². The third-order valence-corrected chi connectivity index (χ3v) is 6.51. The summed E-state index contributed by atoms with van der Waals surface area (Å²) in [5, 5.41) is -0.0825. The molecule has 26 heavy (non-hydrogen) atoms. The highest BCUT2D eigenvalue weighted by atomic mass is 32.2. The molecule has 134 valence electrons. The summed E-state index contributed by atoms with van der Waals surface area (Å²) in [7, 11) is -7.76. The topological polar surface area (TPSA) is 90.4 Å². The number of benzene rings is 2. The van der Waals surface area contributed by atoms with Gasteiger partial charge in [0.15, 0.2) is 5.03 Å². The van der Waals surface area contributed by atoms with Crippen molar-refractivity contribution in [2.45, 2.75) is 21.7 Å². The van der Waals surface area contributed by atoms with Gasteiger partial charge in [0.2, 0.25) is 9.84 Å². The molecule has 6 nitrogen and oxygen atoms in total. The SMILES string of the molecule is Cc1ccc(S(=O)(=O)Oc2ccc(S(=O)(=O)c3ccccn3)cc2)cc1. The molecule has 0 amide bonds. The number of pyridine rings is 1. The molecule has 0 saturated heterocycles. The number of aromatic nitrogens is 1. The number of sulfone groups is 1. The fourth-order valence-corrected chi connectivity index (χ4v) is 4.30. The van der Waals surface area contributed by atoms with E-state index in [1.807, 2.05) is 6.92 Å². The lowest BCUT2D eigenvalue weighted by Crippen LogP contribution is -2.10. The van der Waals surface area contributed by atoms with Crippen LogP contribution < -0.4 is 4.18 Å². The molecule has 0 aliphatic heterocycles. The van der Waals surface area contributed by atoms with Crippen LogP contribution in [0, 0.1) is 6.92 Å². The summed E-state index contributed by atoms with van der Waals surface area (Å²) < 4.78 is 54.5. The first-order valence-electron chi connectivity index (χ1n) is 7.56. The minimum absolute atomic E-state index is 0.00344. The predicted octanol–water partition coefficient (Wildman–Crippen LogP) is 2.99. The van der Waals surface area contributed by atoms with Crippen LogP contribution in [0.1, 0.15) is 5.56 Å². The average molecular weight is 389 g/mol. The Morgan fingerprint density at radius 2 is 1.38 bits per heavy atom. The van der Waals surface area contributed by atoms with Crippen LogP contribution in [0.25, 0.3) is 0 Å². The quantitative estimate of drug-likeness (QED) is 0.623. The molecule has 0 spiro atoms. The van der Waals surface area contributed by atoms with Gasteiger partial charge in [-0.25, -0.2) is 13.4 Å². The third-order valence-electron chi connectivity index (χ3n) is 3.56. The van der Waals surface area contributed by atoms with Gasteiger partial charge in [-0.05, 0) is 55.5 Å². The second-order valence-corrected chi connectivity index (χ2v) is 8.94. The van der Waals surface area contributed by atoms with Crippen LogP contribution >= 0.6 is 0 Å². The minimum atomic E-state index is -3.99. The normalized spacial score (nSPS) is 11.9. The van der Waals surface area contributed by atoms with Crippen molar-refractivity contribution in [2.75, 3.05) is 0 Å². The van der Waals surface area contributed by atoms with Crippen molar-refractivity contribution in [3.8, 4) is 5.75 Å². The number of hydrogen-bond donors (Lipinski definition) is 0. The fourth-order valence-electron chi connectivity index (χ4n) is 2.18. The predicted molar refractivity (Wildman–Crippen MR) is 95.1 cm³/mol. The molecule has 3 aromatic rings. The smallest absolute Gasteiger partial charge is 0.339 e. The monoisotopic (exact) mass is 389 g/mol. The van der Waals surface area contributed by atoms with Gasteiger partial charge in [0.05, 0.1) is 4.90 Å². The van der Waals surface area contributed by atoms with E-state index in [9.17, 15) is 16.8 Å². The van der Waals surface area contributed by atoms with Gasteiger partial charge in [-0.1, -0.05) is 23.8 Å². The zero-order valence-electron chi connectivity index (χ0n) is 13.7. The van der Waals surface area contributed by atoms with Gasteiger partial charge in [-0.3, -0.25) is 0 Å². The summed E-state index contributed by atoms with van der Waals surface area (Å²) >= 11 is 0. The Morgan fingerprint density at radius 1 is 0.769 bits per heavy atom. The van der Waals surface area contributed by atoms with Crippen LogP contribution in [-0.2, 0) is 20.0 Å². The first kappa shape index (κ1) is 18.1. The highest BCUT2D eigenvalue weighted by Crippen LogP contribution is 2.24. The zero-order valence-corrected chi connectivity index (χ0v) is 15.4. The zero-order chi connectivity index (χ0) is 18.8. The van der Waals surface area contributed by atoms with E-state index < -0.39 is 20.0 Å². The van der Waals surface area contributed by atoms with E-state index in [0.29, 0.717) is 0 Å². The van der Waals surface area contributed by atoms with Gasteiger partial charge in [0.1, 0.15) is 10.6 Å². The van der Waals surface area contributed by atoms with Gasteiger partial charge in [-0.15, -0.1) is 0 Å². The average Bonchev–Trinajstić information content (AvgIpc) is 2.63. The Bertz CT molecular complexity index is 1110. The summed E-state index contributed by atoms with van der Waals surface area (Å²) in [6.45, 7) is 1.85. The van der Waals surface area contributed by atoms with Crippen molar-refractivity contribution in [3.63, 3.8) is 0 Å². The first-order chi connectivity index (χ1) is 12.3. The Morgan fingerprint density at radius 3 is 1.96 bits per heavy atom. The van der Waals surface area contributed by atoms with Crippen LogP contribution in [0.3, 0.4) is 0 Å². The molecule has 0 atom stereocenters. The largest absolute Gasteiger partial charge is 0.379 e. The van der Waals surface area contributed by atoms with Crippen molar-refractivity contribution in [3.05, 3.63) is 78.5 Å². The molecule has 0 fully saturated rings. The Labute approximate surface area is 152 Å². The maximum atomic E-state index is 12.5. The van der Waals surface area contributed by atoms with Crippen molar-refractivity contribution in [2.24, 2.45) is 0 Å². The molecule has 0 aliphatic carbocycles. The molecule has 3 rings (SSSR count). The lowest BCUT2D eigenvalue weighted by molar-refractivity contribution is 0.486. The Kier molecular flexibility index (Phi) is 4.80. The summed E-state index contributed by atoms with van der Waals surface area (Å²) in [5.41, 5.74) is 0.924.